The van der Waals surface area contributed by atoms with E-state index in [-0.39, 0.29) is 11.5 Å². The molecular formula is C13H13FN2O. The first-order valence-electron chi connectivity index (χ1n) is 5.50. The molecule has 1 aliphatic carbocycles. The van der Waals surface area contributed by atoms with Crippen LogP contribution in [0.1, 0.15) is 19.3 Å². The third-order valence-corrected chi connectivity index (χ3v) is 2.70. The molecular weight excluding hydrogens is 219 g/mol. The minimum Gasteiger partial charge on any atom is -0.404 e. The zero-order valence-corrected chi connectivity index (χ0v) is 9.32. The number of halogens is 1. The summed E-state index contributed by atoms with van der Waals surface area (Å²) >= 11 is 0. The number of nitrogens with zero attached hydrogens (tertiary/aromatic N) is 1. The molecule has 2 N–H and O–H groups in total. The molecule has 0 bridgehead atoms. The van der Waals surface area contributed by atoms with Crippen molar-refractivity contribution in [2.24, 2.45) is 10.7 Å². The average molecular weight is 232 g/mol. The number of ketones is 1. The molecule has 1 aliphatic rings. The summed E-state index contributed by atoms with van der Waals surface area (Å²) in [6.45, 7) is 0. The van der Waals surface area contributed by atoms with Crippen LogP contribution in [-0.4, -0.2) is 11.5 Å². The maximum atomic E-state index is 13.4. The Morgan fingerprint density at radius 1 is 1.29 bits per heavy atom. The number of rotatable bonds is 1. The van der Waals surface area contributed by atoms with Crippen molar-refractivity contribution in [3.05, 3.63) is 41.9 Å². The lowest BCUT2D eigenvalue weighted by atomic mass is 9.92. The van der Waals surface area contributed by atoms with Crippen LogP contribution in [0.4, 0.5) is 10.1 Å². The quantitative estimate of drug-likeness (QED) is 0.756. The molecule has 1 aromatic carbocycles. The van der Waals surface area contributed by atoms with Crippen molar-refractivity contribution in [3.63, 3.8) is 0 Å². The second kappa shape index (κ2) is 4.91. The number of hydrogen-bond donors (Lipinski definition) is 1. The van der Waals surface area contributed by atoms with Gasteiger partial charge in [-0.3, -0.25) is 4.79 Å². The number of nitrogens with two attached hydrogens (primary N) is 1. The van der Waals surface area contributed by atoms with Gasteiger partial charge in [-0.05, 0) is 25.0 Å². The van der Waals surface area contributed by atoms with Crippen LogP contribution >= 0.6 is 0 Å². The van der Waals surface area contributed by atoms with Crippen LogP contribution in [-0.2, 0) is 4.79 Å². The van der Waals surface area contributed by atoms with Gasteiger partial charge in [0.05, 0.1) is 17.0 Å². The summed E-state index contributed by atoms with van der Waals surface area (Å²) < 4.78 is 13.4. The second-order valence-corrected chi connectivity index (χ2v) is 3.87. The first kappa shape index (κ1) is 11.5. The number of carbonyl (C=O) groups excluding carboxylic acids is 1. The van der Waals surface area contributed by atoms with Gasteiger partial charge < -0.3 is 5.73 Å². The molecule has 0 saturated heterocycles. The summed E-state index contributed by atoms with van der Waals surface area (Å²) in [6.07, 6.45) is 3.15. The van der Waals surface area contributed by atoms with Crippen LogP contribution in [0, 0.1) is 5.82 Å². The van der Waals surface area contributed by atoms with Crippen molar-refractivity contribution < 1.29 is 9.18 Å². The van der Waals surface area contributed by atoms with E-state index in [9.17, 15) is 9.18 Å². The normalized spacial score (nSPS) is 21.1. The molecule has 2 rings (SSSR count). The van der Waals surface area contributed by atoms with E-state index in [1.807, 2.05) is 0 Å². The van der Waals surface area contributed by atoms with Crippen LogP contribution < -0.4 is 5.73 Å². The lowest BCUT2D eigenvalue weighted by Crippen LogP contribution is -2.20. The molecule has 0 amide bonds. The summed E-state index contributed by atoms with van der Waals surface area (Å²) in [5.74, 6) is -0.414. The van der Waals surface area contributed by atoms with Crippen LogP contribution in [0.5, 0.6) is 0 Å². The van der Waals surface area contributed by atoms with Gasteiger partial charge >= 0.3 is 0 Å². The van der Waals surface area contributed by atoms with E-state index in [2.05, 4.69) is 4.99 Å². The van der Waals surface area contributed by atoms with E-state index in [4.69, 9.17) is 5.73 Å². The summed E-state index contributed by atoms with van der Waals surface area (Å²) in [6, 6.07) is 6.23. The number of aliphatic imine (C=N–C) groups is 1. The van der Waals surface area contributed by atoms with E-state index in [0.29, 0.717) is 24.1 Å². The fraction of sp³-hybridized carbons (Fsp3) is 0.231. The Hall–Kier alpha value is -1.97. The highest BCUT2D eigenvalue weighted by molar-refractivity contribution is 6.24. The zero-order valence-electron chi connectivity index (χ0n) is 9.32. The number of carbonyl (C=O) groups is 1. The van der Waals surface area contributed by atoms with Gasteiger partial charge in [-0.25, -0.2) is 9.38 Å². The average Bonchev–Trinajstić information content (AvgIpc) is 2.32. The van der Waals surface area contributed by atoms with Crippen LogP contribution in [0.2, 0.25) is 0 Å². The number of allylic oxidation sites excluding steroid dienone is 1. The molecule has 4 heteroatoms. The fourth-order valence-corrected chi connectivity index (χ4v) is 1.84. The number of para-hydroxylation sites is 1. The molecule has 0 unspecified atom stereocenters. The Morgan fingerprint density at radius 3 is 2.76 bits per heavy atom. The Bertz CT molecular complexity index is 506. The maximum Gasteiger partial charge on any atom is 0.166 e. The predicted octanol–water partition coefficient (Wildman–Crippen LogP) is 2.49. The van der Waals surface area contributed by atoms with Gasteiger partial charge in [0.2, 0.25) is 0 Å². The molecule has 1 saturated carbocycles. The number of Topliss-reactive ketones (excluding diaryl/α,β-unsaturated/α-hetero) is 1. The van der Waals surface area contributed by atoms with Gasteiger partial charge in [0.1, 0.15) is 5.82 Å². The van der Waals surface area contributed by atoms with Gasteiger partial charge in [0.25, 0.3) is 0 Å². The Balaban J connectivity index is 2.39. The van der Waals surface area contributed by atoms with E-state index >= 15 is 0 Å². The maximum absolute atomic E-state index is 13.4. The first-order valence-corrected chi connectivity index (χ1v) is 5.50. The summed E-state index contributed by atoms with van der Waals surface area (Å²) in [5.41, 5.74) is 6.66. The molecule has 0 radical (unpaired) electrons. The summed E-state index contributed by atoms with van der Waals surface area (Å²) in [5, 5.41) is 0. The van der Waals surface area contributed by atoms with Crippen molar-refractivity contribution >= 4 is 17.2 Å². The highest BCUT2D eigenvalue weighted by atomic mass is 19.1. The smallest absolute Gasteiger partial charge is 0.166 e. The minimum absolute atomic E-state index is 0.0196. The van der Waals surface area contributed by atoms with Crippen molar-refractivity contribution in [1.82, 2.24) is 0 Å². The molecule has 1 aromatic rings. The molecule has 0 aliphatic heterocycles. The Labute approximate surface area is 98.9 Å². The number of hydrogen-bond acceptors (Lipinski definition) is 3. The largest absolute Gasteiger partial charge is 0.404 e. The lowest BCUT2D eigenvalue weighted by molar-refractivity contribution is -0.115. The molecule has 0 atom stereocenters. The molecule has 3 nitrogen and oxygen atoms in total. The van der Waals surface area contributed by atoms with Gasteiger partial charge in [-0.2, -0.15) is 0 Å². The summed E-state index contributed by atoms with van der Waals surface area (Å²) in [7, 11) is 0. The van der Waals surface area contributed by atoms with Gasteiger partial charge in [-0.1, -0.05) is 12.1 Å². The predicted molar refractivity (Wildman–Crippen MR) is 64.6 cm³/mol. The molecule has 0 spiro atoms. The highest BCUT2D eigenvalue weighted by Gasteiger charge is 2.21. The van der Waals surface area contributed by atoms with Gasteiger partial charge in [0.15, 0.2) is 5.78 Å². The molecule has 0 heterocycles. The standard InChI is InChI=1S/C13H13FN2O/c14-10-4-1-2-5-12(10)16-11-6-3-7-13(17)9(11)8-15/h1-2,4-5,8H,3,6-7,15H2. The molecule has 0 aromatic heterocycles. The van der Waals surface area contributed by atoms with E-state index < -0.39 is 5.82 Å². The third kappa shape index (κ3) is 2.41. The minimum atomic E-state index is -0.394. The monoisotopic (exact) mass is 232 g/mol. The molecule has 1 fully saturated rings. The Morgan fingerprint density at radius 2 is 2.06 bits per heavy atom. The van der Waals surface area contributed by atoms with E-state index in [1.165, 1.54) is 12.3 Å². The van der Waals surface area contributed by atoms with Crippen molar-refractivity contribution in [3.8, 4) is 0 Å². The van der Waals surface area contributed by atoms with Gasteiger partial charge in [0, 0.05) is 12.6 Å². The van der Waals surface area contributed by atoms with Crippen molar-refractivity contribution in [1.29, 1.82) is 0 Å². The lowest BCUT2D eigenvalue weighted by Gasteiger charge is -2.15. The van der Waals surface area contributed by atoms with Crippen LogP contribution in [0.25, 0.3) is 0 Å². The first-order chi connectivity index (χ1) is 8.22. The van der Waals surface area contributed by atoms with E-state index in [1.54, 1.807) is 18.2 Å². The van der Waals surface area contributed by atoms with Crippen LogP contribution in [0.3, 0.4) is 0 Å². The molecule has 88 valence electrons. The zero-order chi connectivity index (χ0) is 12.3. The third-order valence-electron chi connectivity index (χ3n) is 2.70. The van der Waals surface area contributed by atoms with Crippen molar-refractivity contribution in [2.75, 3.05) is 0 Å². The van der Waals surface area contributed by atoms with Gasteiger partial charge in [-0.15, -0.1) is 0 Å². The number of benzene rings is 1. The van der Waals surface area contributed by atoms with E-state index in [0.717, 1.165) is 6.42 Å². The molecule has 17 heavy (non-hydrogen) atoms. The fourth-order valence-electron chi connectivity index (χ4n) is 1.84. The summed E-state index contributed by atoms with van der Waals surface area (Å²) in [4.78, 5) is 15.8. The van der Waals surface area contributed by atoms with Crippen LogP contribution in [0.15, 0.2) is 41.0 Å². The highest BCUT2D eigenvalue weighted by Crippen LogP contribution is 2.23. The SMILES string of the molecule is NC=C1C(=O)CCCC1=Nc1ccccc1F. The van der Waals surface area contributed by atoms with Crippen molar-refractivity contribution in [2.45, 2.75) is 19.3 Å². The Kier molecular flexibility index (Phi) is 3.32. The topological polar surface area (TPSA) is 55.5 Å². The second-order valence-electron chi connectivity index (χ2n) is 3.87.